The Morgan fingerprint density at radius 3 is 2.89 bits per heavy atom. The zero-order valence-corrected chi connectivity index (χ0v) is 11.4. The molecule has 0 aliphatic carbocycles. The van der Waals surface area contributed by atoms with Crippen LogP contribution in [0.1, 0.15) is 33.9 Å². The van der Waals surface area contributed by atoms with E-state index in [1.807, 2.05) is 13.8 Å². The van der Waals surface area contributed by atoms with Gasteiger partial charge in [-0.05, 0) is 6.92 Å². The number of aromatic nitrogens is 4. The molecular formula is C11H15N5OS. The number of carbonyl (C=O) groups excluding carboxylic acids is 1. The molecule has 0 spiro atoms. The average Bonchev–Trinajstić information content (AvgIpc) is 2.98. The summed E-state index contributed by atoms with van der Waals surface area (Å²) in [7, 11) is 1.74. The monoisotopic (exact) mass is 265 g/mol. The first kappa shape index (κ1) is 12.7. The maximum Gasteiger partial charge on any atom is 0.293 e. The molecule has 1 N–H and O–H groups in total. The zero-order chi connectivity index (χ0) is 13.1. The molecule has 0 radical (unpaired) electrons. The molecule has 18 heavy (non-hydrogen) atoms. The summed E-state index contributed by atoms with van der Waals surface area (Å²) in [5.74, 6) is 0.760. The van der Waals surface area contributed by atoms with Crippen LogP contribution < -0.4 is 0 Å². The highest BCUT2D eigenvalue weighted by molar-refractivity contribution is 7.09. The second-order valence-electron chi connectivity index (χ2n) is 3.98. The number of aromatic amines is 1. The van der Waals surface area contributed by atoms with Crippen LogP contribution in [0.5, 0.6) is 0 Å². The molecular weight excluding hydrogens is 250 g/mol. The summed E-state index contributed by atoms with van der Waals surface area (Å²) in [6.45, 7) is 4.43. The molecule has 0 aliphatic heterocycles. The van der Waals surface area contributed by atoms with Crippen molar-refractivity contribution in [3.63, 3.8) is 0 Å². The third-order valence-corrected chi connectivity index (χ3v) is 3.55. The number of nitrogens with one attached hydrogen (secondary N) is 1. The largest absolute Gasteiger partial charge is 0.334 e. The molecule has 0 fully saturated rings. The highest BCUT2D eigenvalue weighted by Crippen LogP contribution is 2.14. The Morgan fingerprint density at radius 1 is 1.56 bits per heavy atom. The molecule has 2 aromatic heterocycles. The Morgan fingerprint density at radius 2 is 2.33 bits per heavy atom. The van der Waals surface area contributed by atoms with Gasteiger partial charge in [-0.1, -0.05) is 6.92 Å². The minimum absolute atomic E-state index is 0.182. The van der Waals surface area contributed by atoms with Crippen molar-refractivity contribution in [3.05, 3.63) is 27.7 Å². The van der Waals surface area contributed by atoms with E-state index >= 15 is 0 Å². The van der Waals surface area contributed by atoms with Crippen molar-refractivity contribution in [1.82, 2.24) is 25.1 Å². The number of hydrogen-bond donors (Lipinski definition) is 1. The van der Waals surface area contributed by atoms with Gasteiger partial charge in [0.2, 0.25) is 5.82 Å². The molecule has 7 heteroatoms. The van der Waals surface area contributed by atoms with Gasteiger partial charge in [0.1, 0.15) is 5.82 Å². The van der Waals surface area contributed by atoms with Gasteiger partial charge in [0.15, 0.2) is 0 Å². The molecule has 2 heterocycles. The van der Waals surface area contributed by atoms with Gasteiger partial charge in [-0.2, -0.15) is 0 Å². The summed E-state index contributed by atoms with van der Waals surface area (Å²) >= 11 is 1.55. The van der Waals surface area contributed by atoms with Gasteiger partial charge in [-0.15, -0.1) is 16.4 Å². The van der Waals surface area contributed by atoms with Crippen LogP contribution in [0.15, 0.2) is 5.51 Å². The first-order valence-corrected chi connectivity index (χ1v) is 6.55. The second kappa shape index (κ2) is 5.26. The van der Waals surface area contributed by atoms with Crippen molar-refractivity contribution < 1.29 is 4.79 Å². The summed E-state index contributed by atoms with van der Waals surface area (Å²) in [5, 5.41) is 6.66. The van der Waals surface area contributed by atoms with E-state index in [9.17, 15) is 4.79 Å². The van der Waals surface area contributed by atoms with Gasteiger partial charge in [-0.25, -0.2) is 9.97 Å². The SMILES string of the molecule is CCc1nc(C(=O)N(C)Cc2scnc2C)n[nH]1. The van der Waals surface area contributed by atoms with E-state index in [4.69, 9.17) is 0 Å². The fourth-order valence-corrected chi connectivity index (χ4v) is 2.31. The van der Waals surface area contributed by atoms with E-state index in [-0.39, 0.29) is 11.7 Å². The average molecular weight is 265 g/mol. The van der Waals surface area contributed by atoms with Gasteiger partial charge in [0, 0.05) is 18.3 Å². The van der Waals surface area contributed by atoms with Gasteiger partial charge < -0.3 is 4.90 Å². The maximum absolute atomic E-state index is 12.1. The standard InChI is InChI=1S/C11H15N5OS/c1-4-9-13-10(15-14-9)11(17)16(3)5-8-7(2)12-6-18-8/h6H,4-5H2,1-3H3,(H,13,14,15). The molecule has 0 saturated heterocycles. The number of aryl methyl sites for hydroxylation is 2. The minimum Gasteiger partial charge on any atom is -0.334 e. The lowest BCUT2D eigenvalue weighted by molar-refractivity contribution is 0.0774. The van der Waals surface area contributed by atoms with Gasteiger partial charge in [-0.3, -0.25) is 9.89 Å². The van der Waals surface area contributed by atoms with Crippen molar-refractivity contribution in [3.8, 4) is 0 Å². The van der Waals surface area contributed by atoms with E-state index in [1.54, 1.807) is 28.8 Å². The smallest absolute Gasteiger partial charge is 0.293 e. The zero-order valence-electron chi connectivity index (χ0n) is 10.6. The summed E-state index contributed by atoms with van der Waals surface area (Å²) in [6.07, 6.45) is 0.734. The van der Waals surface area contributed by atoms with E-state index in [2.05, 4.69) is 20.2 Å². The molecule has 0 aliphatic rings. The molecule has 2 rings (SSSR count). The maximum atomic E-state index is 12.1. The molecule has 1 amide bonds. The molecule has 0 unspecified atom stereocenters. The van der Waals surface area contributed by atoms with Crippen LogP contribution in [0, 0.1) is 6.92 Å². The van der Waals surface area contributed by atoms with Gasteiger partial charge >= 0.3 is 0 Å². The lowest BCUT2D eigenvalue weighted by Crippen LogP contribution is -2.27. The van der Waals surface area contributed by atoms with Crippen LogP contribution in [-0.4, -0.2) is 38.0 Å². The van der Waals surface area contributed by atoms with Crippen LogP contribution in [0.4, 0.5) is 0 Å². The molecule has 96 valence electrons. The van der Waals surface area contributed by atoms with E-state index in [0.29, 0.717) is 6.54 Å². The van der Waals surface area contributed by atoms with Crippen LogP contribution >= 0.6 is 11.3 Å². The number of hydrogen-bond acceptors (Lipinski definition) is 5. The number of rotatable bonds is 4. The van der Waals surface area contributed by atoms with Crippen molar-refractivity contribution in [2.45, 2.75) is 26.8 Å². The number of carbonyl (C=O) groups is 1. The fourth-order valence-electron chi connectivity index (χ4n) is 1.48. The summed E-state index contributed by atoms with van der Waals surface area (Å²) in [4.78, 5) is 23.1. The predicted molar refractivity (Wildman–Crippen MR) is 68.4 cm³/mol. The van der Waals surface area contributed by atoms with Crippen molar-refractivity contribution >= 4 is 17.2 Å². The number of H-pyrrole nitrogens is 1. The molecule has 6 nitrogen and oxygen atoms in total. The summed E-state index contributed by atoms with van der Waals surface area (Å²) < 4.78 is 0. The number of nitrogens with zero attached hydrogens (tertiary/aromatic N) is 4. The Labute approximate surface area is 109 Å². The first-order valence-electron chi connectivity index (χ1n) is 5.67. The molecule has 2 aromatic rings. The third kappa shape index (κ3) is 2.56. The lowest BCUT2D eigenvalue weighted by Gasteiger charge is -2.14. The lowest BCUT2D eigenvalue weighted by atomic mass is 10.3. The molecule has 0 atom stereocenters. The summed E-state index contributed by atoms with van der Waals surface area (Å²) in [6, 6.07) is 0. The normalized spacial score (nSPS) is 10.6. The Hall–Kier alpha value is -1.76. The highest BCUT2D eigenvalue weighted by atomic mass is 32.1. The summed E-state index contributed by atoms with van der Waals surface area (Å²) in [5.41, 5.74) is 2.74. The van der Waals surface area contributed by atoms with Crippen molar-refractivity contribution in [1.29, 1.82) is 0 Å². The quantitative estimate of drug-likeness (QED) is 0.906. The van der Waals surface area contributed by atoms with E-state index in [0.717, 1.165) is 22.8 Å². The molecule has 0 saturated carbocycles. The Balaban J connectivity index is 2.07. The van der Waals surface area contributed by atoms with Crippen LogP contribution in [0.3, 0.4) is 0 Å². The van der Waals surface area contributed by atoms with E-state index in [1.165, 1.54) is 0 Å². The van der Waals surface area contributed by atoms with Crippen molar-refractivity contribution in [2.24, 2.45) is 0 Å². The van der Waals surface area contributed by atoms with Crippen molar-refractivity contribution in [2.75, 3.05) is 7.05 Å². The second-order valence-corrected chi connectivity index (χ2v) is 4.92. The van der Waals surface area contributed by atoms with Crippen LogP contribution in [0.2, 0.25) is 0 Å². The third-order valence-electron chi connectivity index (χ3n) is 2.63. The van der Waals surface area contributed by atoms with Gasteiger partial charge in [0.25, 0.3) is 5.91 Å². The van der Waals surface area contributed by atoms with E-state index < -0.39 is 0 Å². The topological polar surface area (TPSA) is 74.8 Å². The molecule has 0 bridgehead atoms. The van der Waals surface area contributed by atoms with Crippen LogP contribution in [-0.2, 0) is 13.0 Å². The fraction of sp³-hybridized carbons (Fsp3) is 0.455. The Bertz CT molecular complexity index is 547. The predicted octanol–water partition coefficient (Wildman–Crippen LogP) is 1.40. The van der Waals surface area contributed by atoms with Gasteiger partial charge in [0.05, 0.1) is 17.7 Å². The van der Waals surface area contributed by atoms with Crippen LogP contribution in [0.25, 0.3) is 0 Å². The number of amides is 1. The Kier molecular flexibility index (Phi) is 3.71. The molecule has 0 aromatic carbocycles. The minimum atomic E-state index is -0.182. The number of thiazole rings is 1. The first-order chi connectivity index (χ1) is 8.61. The highest BCUT2D eigenvalue weighted by Gasteiger charge is 2.18.